The summed E-state index contributed by atoms with van der Waals surface area (Å²) in [5.74, 6) is 0. The van der Waals surface area contributed by atoms with Gasteiger partial charge in [0.05, 0.1) is 11.3 Å². The Morgan fingerprint density at radius 2 is 1.04 bits per heavy atom. The first-order chi connectivity index (χ1) is 23.8. The number of nitrogens with zero attached hydrogens (tertiary/aromatic N) is 4. The molecule has 5 aromatic carbocycles. The van der Waals surface area contributed by atoms with Crippen LogP contribution in [0.15, 0.2) is 85.2 Å². The van der Waals surface area contributed by atoms with Crippen LogP contribution in [-0.2, 0) is 42.7 Å². The minimum atomic E-state index is -0.0993. The Kier molecular flexibility index (Phi) is 5.79. The predicted octanol–water partition coefficient (Wildman–Crippen LogP) is 11.2. The Hall–Kier alpha value is -4.53. The van der Waals surface area contributed by atoms with Gasteiger partial charge in [-0.2, -0.15) is 0 Å². The Balaban J connectivity index is 0.00000327. The quantitative estimate of drug-likeness (QED) is 0.0937. The second kappa shape index (κ2) is 9.46. The van der Waals surface area contributed by atoms with Gasteiger partial charge in [0.25, 0.3) is 0 Å². The molecule has 51 heavy (non-hydrogen) atoms. The van der Waals surface area contributed by atoms with E-state index in [2.05, 4.69) is 162 Å². The van der Waals surface area contributed by atoms with E-state index in [1.807, 2.05) is 0 Å². The Morgan fingerprint density at radius 1 is 0.510 bits per heavy atom. The number of para-hydroxylation sites is 2. The molecule has 4 aromatic heterocycles. The van der Waals surface area contributed by atoms with Gasteiger partial charge in [-0.15, -0.1) is 41.3 Å². The van der Waals surface area contributed by atoms with Crippen molar-refractivity contribution in [1.82, 2.24) is 18.8 Å². The molecule has 4 nitrogen and oxygen atoms in total. The first-order valence-electron chi connectivity index (χ1n) is 17.9. The minimum absolute atomic E-state index is 0. The molecule has 0 saturated carbocycles. The van der Waals surface area contributed by atoms with Crippen LogP contribution in [0.1, 0.15) is 77.9 Å². The molecule has 0 atom stereocenters. The van der Waals surface area contributed by atoms with E-state index in [0.717, 1.165) is 44.0 Å². The van der Waals surface area contributed by atoms with Gasteiger partial charge in [0, 0.05) is 56.5 Å². The average Bonchev–Trinajstić information content (AvgIpc) is 3.76. The molecule has 5 heteroatoms. The normalized spacial score (nSPS) is 17.9. The smallest absolute Gasteiger partial charge is 0.328 e. The van der Waals surface area contributed by atoms with E-state index >= 15 is 0 Å². The standard InChI is InChI=1S/C46H38N4.Pt/c1-43(2)35-16-10-14-29-28-19-18-26(21-33(28)41-47-23-37(45(43,5)6)49(41)39(29)35)27-13-9-12-25-20-32-30-15-11-17-36-40(30)50-38(46(7,8)44(36,3)4)24-48-42(50)34(32)22-31(25)27;/h9-20,23-24H,1-8H3;/q-2;+2. The molecule has 6 heterocycles. The fourth-order valence-electron chi connectivity index (χ4n) is 9.63. The number of hydrogen-bond acceptors (Lipinski definition) is 2. The summed E-state index contributed by atoms with van der Waals surface area (Å²) >= 11 is 0. The van der Waals surface area contributed by atoms with E-state index in [1.54, 1.807) is 0 Å². The average molecular weight is 842 g/mol. The number of pyridine rings is 2. The van der Waals surface area contributed by atoms with Crippen molar-refractivity contribution in [2.45, 2.75) is 77.0 Å². The summed E-state index contributed by atoms with van der Waals surface area (Å²) in [5.41, 5.74) is 11.6. The molecule has 252 valence electrons. The number of benzene rings is 5. The fourth-order valence-corrected chi connectivity index (χ4v) is 9.63. The van der Waals surface area contributed by atoms with Gasteiger partial charge in [0.15, 0.2) is 0 Å². The minimum Gasteiger partial charge on any atom is -0.328 e. The van der Waals surface area contributed by atoms with E-state index in [1.165, 1.54) is 55.1 Å². The van der Waals surface area contributed by atoms with Crippen molar-refractivity contribution in [3.8, 4) is 11.1 Å². The van der Waals surface area contributed by atoms with E-state index in [9.17, 15) is 0 Å². The molecule has 0 unspecified atom stereocenters. The SMILES string of the molecule is CC1(C)c2cccc3c4ccc(-c5cccc6cc7c([c-]c56)c5ncc6n5c5c(cccc75)C(C)(C)C6(C)C)[c-]c4c4ncc(n4c23)C1(C)C.[Pt+2]. The topological polar surface area (TPSA) is 34.6 Å². The van der Waals surface area contributed by atoms with Crippen LogP contribution in [-0.4, -0.2) is 18.8 Å². The molecule has 9 aromatic rings. The van der Waals surface area contributed by atoms with Gasteiger partial charge in [0.1, 0.15) is 0 Å². The van der Waals surface area contributed by atoms with E-state index in [-0.39, 0.29) is 42.7 Å². The van der Waals surface area contributed by atoms with Crippen molar-refractivity contribution in [1.29, 1.82) is 0 Å². The van der Waals surface area contributed by atoms with Gasteiger partial charge in [-0.05, 0) is 21.9 Å². The van der Waals surface area contributed by atoms with Gasteiger partial charge in [0.2, 0.25) is 0 Å². The predicted molar refractivity (Wildman–Crippen MR) is 207 cm³/mol. The fraction of sp³-hybridized carbons (Fsp3) is 0.261. The summed E-state index contributed by atoms with van der Waals surface area (Å²) in [6.45, 7) is 18.9. The maximum Gasteiger partial charge on any atom is 2.00 e. The second-order valence-corrected chi connectivity index (χ2v) is 17.0. The van der Waals surface area contributed by atoms with Crippen LogP contribution in [0.25, 0.3) is 76.5 Å². The maximum absolute atomic E-state index is 5.13. The molecule has 0 spiro atoms. The molecule has 0 bridgehead atoms. The van der Waals surface area contributed by atoms with Gasteiger partial charge in [-0.3, -0.25) is 9.97 Å². The third-order valence-electron chi connectivity index (χ3n) is 14.0. The van der Waals surface area contributed by atoms with Crippen LogP contribution in [0, 0.1) is 12.1 Å². The largest absolute Gasteiger partial charge is 2.00 e. The van der Waals surface area contributed by atoms with Crippen molar-refractivity contribution < 1.29 is 21.1 Å². The van der Waals surface area contributed by atoms with Gasteiger partial charge in [-0.1, -0.05) is 142 Å². The van der Waals surface area contributed by atoms with Crippen molar-refractivity contribution >= 4 is 65.4 Å². The molecule has 0 amide bonds. The third kappa shape index (κ3) is 3.42. The number of hydrogen-bond donors (Lipinski definition) is 0. The summed E-state index contributed by atoms with van der Waals surface area (Å²) < 4.78 is 4.84. The summed E-state index contributed by atoms with van der Waals surface area (Å²) in [7, 11) is 0. The maximum atomic E-state index is 5.13. The molecule has 0 radical (unpaired) electrons. The first-order valence-corrected chi connectivity index (χ1v) is 17.9. The van der Waals surface area contributed by atoms with Crippen LogP contribution >= 0.6 is 0 Å². The molecular formula is C46H38N4Pt. The van der Waals surface area contributed by atoms with Crippen LogP contribution in [0.2, 0.25) is 0 Å². The zero-order valence-corrected chi connectivity index (χ0v) is 32.5. The van der Waals surface area contributed by atoms with Crippen molar-refractivity contribution in [3.05, 3.63) is 120 Å². The summed E-state index contributed by atoms with van der Waals surface area (Å²) in [6, 6.07) is 34.9. The van der Waals surface area contributed by atoms with Gasteiger partial charge < -0.3 is 8.80 Å². The molecule has 11 rings (SSSR count). The van der Waals surface area contributed by atoms with Crippen LogP contribution in [0.4, 0.5) is 0 Å². The Bertz CT molecular complexity index is 3040. The molecule has 2 aliphatic heterocycles. The number of fused-ring (bicyclic) bond motifs is 7. The molecule has 0 N–H and O–H groups in total. The molecule has 2 aliphatic rings. The molecule has 0 fully saturated rings. The summed E-state index contributed by atoms with van der Waals surface area (Å²) in [4.78, 5) is 10.2. The molecule has 0 aliphatic carbocycles. The monoisotopic (exact) mass is 841 g/mol. The third-order valence-corrected chi connectivity index (χ3v) is 14.0. The first kappa shape index (κ1) is 31.2. The number of aromatic nitrogens is 4. The molecular weight excluding hydrogens is 804 g/mol. The summed E-state index contributed by atoms with van der Waals surface area (Å²) in [5, 5.41) is 9.25. The van der Waals surface area contributed by atoms with Gasteiger partial charge >= 0.3 is 21.1 Å². The van der Waals surface area contributed by atoms with Gasteiger partial charge in [-0.25, -0.2) is 0 Å². The number of imidazole rings is 2. The molecule has 0 saturated heterocycles. The van der Waals surface area contributed by atoms with Crippen LogP contribution < -0.4 is 0 Å². The van der Waals surface area contributed by atoms with Crippen LogP contribution in [0.3, 0.4) is 0 Å². The zero-order chi connectivity index (χ0) is 34.3. The van der Waals surface area contributed by atoms with E-state index in [4.69, 9.17) is 9.97 Å². The van der Waals surface area contributed by atoms with Crippen molar-refractivity contribution in [2.75, 3.05) is 0 Å². The van der Waals surface area contributed by atoms with Crippen molar-refractivity contribution in [3.63, 3.8) is 0 Å². The van der Waals surface area contributed by atoms with E-state index in [0.29, 0.717) is 0 Å². The Labute approximate surface area is 311 Å². The zero-order valence-electron chi connectivity index (χ0n) is 30.2. The van der Waals surface area contributed by atoms with E-state index < -0.39 is 0 Å². The Morgan fingerprint density at radius 3 is 1.63 bits per heavy atom. The summed E-state index contributed by atoms with van der Waals surface area (Å²) in [6.07, 6.45) is 4.20. The second-order valence-electron chi connectivity index (χ2n) is 17.0. The van der Waals surface area contributed by atoms with Crippen molar-refractivity contribution in [2.24, 2.45) is 0 Å². The number of rotatable bonds is 1. The van der Waals surface area contributed by atoms with Crippen LogP contribution in [0.5, 0.6) is 0 Å².